The Morgan fingerprint density at radius 2 is 1.81 bits per heavy atom. The highest BCUT2D eigenvalue weighted by molar-refractivity contribution is 7.92. The average Bonchev–Trinajstić information content (AvgIpc) is 3.22. The summed E-state index contributed by atoms with van der Waals surface area (Å²) in [5.74, 6) is 1.11. The van der Waals surface area contributed by atoms with Crippen LogP contribution in [0.5, 0.6) is 11.5 Å². The highest BCUT2D eigenvalue weighted by Crippen LogP contribution is 2.33. The van der Waals surface area contributed by atoms with Gasteiger partial charge in [0.25, 0.3) is 10.0 Å². The molecule has 0 radical (unpaired) electrons. The van der Waals surface area contributed by atoms with Gasteiger partial charge in [-0.15, -0.1) is 15.7 Å². The topological polar surface area (TPSA) is 79.1 Å². The number of rotatable bonds is 7. The zero-order valence-corrected chi connectivity index (χ0v) is 18.0. The molecule has 0 unspecified atom stereocenters. The lowest BCUT2D eigenvalue weighted by Crippen LogP contribution is -2.19. The van der Waals surface area contributed by atoms with E-state index in [1.165, 1.54) is 23.5 Å². The SMILES string of the molecule is COCCn1/c(=N/S(=O)(=O)c2ccc(Cl)s2)sc2cc(OC)c(OC)cc21. The number of hydrogen-bond acceptors (Lipinski definition) is 7. The van der Waals surface area contributed by atoms with Crippen LogP contribution in [0.25, 0.3) is 10.2 Å². The second-order valence-electron chi connectivity index (χ2n) is 5.33. The van der Waals surface area contributed by atoms with Crippen molar-refractivity contribution in [1.29, 1.82) is 0 Å². The van der Waals surface area contributed by atoms with E-state index in [2.05, 4.69) is 4.40 Å². The van der Waals surface area contributed by atoms with Crippen LogP contribution in [0, 0.1) is 0 Å². The molecule has 2 aromatic heterocycles. The van der Waals surface area contributed by atoms with Gasteiger partial charge in [-0.2, -0.15) is 8.42 Å². The zero-order chi connectivity index (χ0) is 19.6. The molecule has 0 aliphatic heterocycles. The molecule has 1 aromatic carbocycles. The van der Waals surface area contributed by atoms with Crippen molar-refractivity contribution in [2.75, 3.05) is 27.9 Å². The Balaban J connectivity index is 2.24. The van der Waals surface area contributed by atoms with E-state index < -0.39 is 10.0 Å². The molecular formula is C16H17ClN2O5S3. The first-order valence-corrected chi connectivity index (χ1v) is 11.2. The van der Waals surface area contributed by atoms with Gasteiger partial charge in [-0.25, -0.2) is 0 Å². The summed E-state index contributed by atoms with van der Waals surface area (Å²) in [6, 6.07) is 6.59. The Labute approximate surface area is 169 Å². The molecule has 0 aliphatic rings. The lowest BCUT2D eigenvalue weighted by atomic mass is 10.3. The van der Waals surface area contributed by atoms with Gasteiger partial charge in [-0.3, -0.25) is 0 Å². The van der Waals surface area contributed by atoms with Crippen molar-refractivity contribution < 1.29 is 22.6 Å². The predicted octanol–water partition coefficient (Wildman–Crippen LogP) is 3.37. The Morgan fingerprint density at radius 1 is 1.11 bits per heavy atom. The monoisotopic (exact) mass is 448 g/mol. The summed E-state index contributed by atoms with van der Waals surface area (Å²) < 4.78 is 48.3. The number of thiazole rings is 1. The predicted molar refractivity (Wildman–Crippen MR) is 107 cm³/mol. The van der Waals surface area contributed by atoms with E-state index in [9.17, 15) is 8.42 Å². The Bertz CT molecular complexity index is 1130. The number of thiophene rings is 1. The van der Waals surface area contributed by atoms with Crippen molar-refractivity contribution in [3.8, 4) is 11.5 Å². The number of sulfonamides is 1. The molecule has 0 saturated heterocycles. The first-order valence-electron chi connectivity index (χ1n) is 7.70. The van der Waals surface area contributed by atoms with Crippen LogP contribution in [0.3, 0.4) is 0 Å². The minimum Gasteiger partial charge on any atom is -0.493 e. The standard InChI is InChI=1S/C16H17ClN2O5S3/c1-22-7-6-19-10-8-11(23-2)12(24-3)9-13(10)25-16(19)18-27(20,21)15-5-4-14(17)26-15/h4-5,8-9H,6-7H2,1-3H3/b18-16-. The maximum absolute atomic E-state index is 12.7. The van der Waals surface area contributed by atoms with Gasteiger partial charge in [0.1, 0.15) is 4.21 Å². The molecule has 0 atom stereocenters. The van der Waals surface area contributed by atoms with Gasteiger partial charge in [0.15, 0.2) is 11.5 Å². The Hall–Kier alpha value is -1.59. The molecule has 0 spiro atoms. The van der Waals surface area contributed by atoms with E-state index in [1.807, 2.05) is 0 Å². The number of nitrogens with zero attached hydrogens (tertiary/aromatic N) is 2. The fraction of sp³-hybridized carbons (Fsp3) is 0.312. The molecule has 11 heteroatoms. The summed E-state index contributed by atoms with van der Waals surface area (Å²) in [6.45, 7) is 0.837. The lowest BCUT2D eigenvalue weighted by Gasteiger charge is -2.09. The summed E-state index contributed by atoms with van der Waals surface area (Å²) in [5.41, 5.74) is 0.785. The number of hydrogen-bond donors (Lipinski definition) is 0. The second kappa shape index (κ2) is 8.19. The van der Waals surface area contributed by atoms with Crippen LogP contribution >= 0.6 is 34.3 Å². The molecule has 3 rings (SSSR count). The van der Waals surface area contributed by atoms with Gasteiger partial charge in [-0.05, 0) is 12.1 Å². The fourth-order valence-corrected chi connectivity index (χ4v) is 6.18. The summed E-state index contributed by atoms with van der Waals surface area (Å²) in [7, 11) is 0.805. The van der Waals surface area contributed by atoms with Gasteiger partial charge in [0, 0.05) is 25.8 Å². The van der Waals surface area contributed by atoms with Gasteiger partial charge in [0.05, 0.1) is 35.4 Å². The molecule has 0 saturated carbocycles. The Kier molecular flexibility index (Phi) is 6.11. The van der Waals surface area contributed by atoms with Crippen LogP contribution in [0.4, 0.5) is 0 Å². The normalized spacial score (nSPS) is 12.7. The molecular weight excluding hydrogens is 432 g/mol. The highest BCUT2D eigenvalue weighted by atomic mass is 35.5. The molecule has 0 fully saturated rings. The molecule has 3 aromatic rings. The van der Waals surface area contributed by atoms with Gasteiger partial charge in [-0.1, -0.05) is 22.9 Å². The Morgan fingerprint density at radius 3 is 2.41 bits per heavy atom. The van der Waals surface area contributed by atoms with E-state index in [1.54, 1.807) is 38.0 Å². The third-order valence-corrected chi connectivity index (χ3v) is 7.83. The van der Waals surface area contributed by atoms with Crippen LogP contribution in [-0.4, -0.2) is 40.9 Å². The second-order valence-corrected chi connectivity index (χ2v) is 9.88. The molecule has 0 amide bonds. The molecule has 0 aliphatic carbocycles. The highest BCUT2D eigenvalue weighted by Gasteiger charge is 2.18. The smallest absolute Gasteiger partial charge is 0.294 e. The minimum absolute atomic E-state index is 0.0957. The lowest BCUT2D eigenvalue weighted by molar-refractivity contribution is 0.187. The maximum atomic E-state index is 12.7. The van der Waals surface area contributed by atoms with E-state index in [4.69, 9.17) is 25.8 Å². The molecule has 2 heterocycles. The van der Waals surface area contributed by atoms with Gasteiger partial charge in [0.2, 0.25) is 4.80 Å². The molecule has 0 bridgehead atoms. The summed E-state index contributed by atoms with van der Waals surface area (Å²) in [6.07, 6.45) is 0. The summed E-state index contributed by atoms with van der Waals surface area (Å²) >= 11 is 8.09. The zero-order valence-electron chi connectivity index (χ0n) is 14.8. The van der Waals surface area contributed by atoms with E-state index in [-0.39, 0.29) is 4.21 Å². The van der Waals surface area contributed by atoms with Crippen molar-refractivity contribution in [3.05, 3.63) is 33.4 Å². The van der Waals surface area contributed by atoms with Gasteiger partial charge < -0.3 is 18.8 Å². The fourth-order valence-electron chi connectivity index (χ4n) is 2.45. The van der Waals surface area contributed by atoms with E-state index >= 15 is 0 Å². The molecule has 146 valence electrons. The number of aromatic nitrogens is 1. The van der Waals surface area contributed by atoms with E-state index in [0.717, 1.165) is 21.6 Å². The largest absolute Gasteiger partial charge is 0.493 e. The number of ether oxygens (including phenoxy) is 3. The first-order chi connectivity index (χ1) is 12.9. The van der Waals surface area contributed by atoms with Crippen LogP contribution in [-0.2, 0) is 21.3 Å². The third kappa shape index (κ3) is 4.14. The van der Waals surface area contributed by atoms with E-state index in [0.29, 0.717) is 33.8 Å². The molecule has 27 heavy (non-hydrogen) atoms. The number of halogens is 1. The third-order valence-electron chi connectivity index (χ3n) is 3.71. The summed E-state index contributed by atoms with van der Waals surface area (Å²) in [5, 5.41) is 0. The average molecular weight is 449 g/mol. The first kappa shape index (κ1) is 20.2. The summed E-state index contributed by atoms with van der Waals surface area (Å²) in [4.78, 5) is 0.335. The molecule has 7 nitrogen and oxygen atoms in total. The van der Waals surface area contributed by atoms with Crippen molar-refractivity contribution in [2.45, 2.75) is 10.8 Å². The van der Waals surface area contributed by atoms with Crippen molar-refractivity contribution in [2.24, 2.45) is 4.40 Å². The van der Waals surface area contributed by atoms with Crippen LogP contribution in [0.2, 0.25) is 4.34 Å². The van der Waals surface area contributed by atoms with Crippen LogP contribution in [0.15, 0.2) is 32.9 Å². The molecule has 0 N–H and O–H groups in total. The van der Waals surface area contributed by atoms with Gasteiger partial charge >= 0.3 is 0 Å². The van der Waals surface area contributed by atoms with Crippen LogP contribution < -0.4 is 14.3 Å². The van der Waals surface area contributed by atoms with Crippen molar-refractivity contribution >= 4 is 54.5 Å². The van der Waals surface area contributed by atoms with Crippen molar-refractivity contribution in [3.63, 3.8) is 0 Å². The quantitative estimate of drug-likeness (QED) is 0.553. The van der Waals surface area contributed by atoms with Crippen molar-refractivity contribution in [1.82, 2.24) is 4.57 Å². The number of benzene rings is 1. The maximum Gasteiger partial charge on any atom is 0.294 e. The number of fused-ring (bicyclic) bond motifs is 1. The minimum atomic E-state index is -3.87. The number of methoxy groups -OCH3 is 3. The van der Waals surface area contributed by atoms with Crippen LogP contribution in [0.1, 0.15) is 0 Å².